The number of β-lactam (4-membered cyclic amide) rings is 1. The van der Waals surface area contributed by atoms with Crippen LogP contribution in [-0.2, 0) is 29.9 Å². The summed E-state index contributed by atoms with van der Waals surface area (Å²) in [5, 5.41) is 0.113. The number of hydrogen-bond acceptors (Lipinski definition) is 7. The van der Waals surface area contributed by atoms with Crippen LogP contribution in [0.25, 0.3) is 0 Å². The zero-order chi connectivity index (χ0) is 25.7. The molecular formula is C26H44N2O6Si. The largest absolute Gasteiger partial charge is 0.493 e. The molecular weight excluding hydrogens is 464 g/mol. The molecule has 0 spiro atoms. The van der Waals surface area contributed by atoms with Crippen molar-refractivity contribution < 1.29 is 28.2 Å². The van der Waals surface area contributed by atoms with Gasteiger partial charge in [0.2, 0.25) is 0 Å². The molecule has 1 aliphatic carbocycles. The second-order valence-electron chi connectivity index (χ2n) is 11.3. The Morgan fingerprint density at radius 2 is 1.89 bits per heavy atom. The van der Waals surface area contributed by atoms with Crippen LogP contribution in [-0.4, -0.2) is 76.7 Å². The SMILES string of the molecule is COCO[C@@]1(Cc2cc(OCCC3CC3)ccn2)C(=O)N(COC)[C@H]1CCO[Si](C)(C)C(C)(C)C. The lowest BCUT2D eigenvalue weighted by molar-refractivity contribution is -0.234. The monoisotopic (exact) mass is 508 g/mol. The van der Waals surface area contributed by atoms with Crippen LogP contribution in [0.2, 0.25) is 18.1 Å². The van der Waals surface area contributed by atoms with Gasteiger partial charge in [0.1, 0.15) is 19.3 Å². The average Bonchev–Trinajstić information content (AvgIpc) is 3.62. The van der Waals surface area contributed by atoms with Gasteiger partial charge in [-0.2, -0.15) is 0 Å². The number of likely N-dealkylation sites (tertiary alicyclic amines) is 1. The molecule has 8 nitrogen and oxygen atoms in total. The van der Waals surface area contributed by atoms with Crippen LogP contribution < -0.4 is 4.74 Å². The van der Waals surface area contributed by atoms with Crippen LogP contribution in [0.1, 0.15) is 52.1 Å². The minimum Gasteiger partial charge on any atom is -0.493 e. The van der Waals surface area contributed by atoms with E-state index in [1.165, 1.54) is 12.8 Å². The van der Waals surface area contributed by atoms with Gasteiger partial charge in [-0.3, -0.25) is 9.78 Å². The Labute approximate surface area is 211 Å². The van der Waals surface area contributed by atoms with E-state index in [9.17, 15) is 4.79 Å². The van der Waals surface area contributed by atoms with Crippen LogP contribution in [0.3, 0.4) is 0 Å². The fourth-order valence-corrected chi connectivity index (χ4v) is 5.32. The maximum atomic E-state index is 13.4. The van der Waals surface area contributed by atoms with Crippen molar-refractivity contribution >= 4 is 14.2 Å². The van der Waals surface area contributed by atoms with Gasteiger partial charge in [0, 0.05) is 45.2 Å². The Morgan fingerprint density at radius 3 is 2.51 bits per heavy atom. The van der Waals surface area contributed by atoms with Crippen molar-refractivity contribution in [2.75, 3.05) is 41.0 Å². The predicted octanol–water partition coefficient (Wildman–Crippen LogP) is 4.39. The Hall–Kier alpha value is -1.52. The van der Waals surface area contributed by atoms with E-state index in [2.05, 4.69) is 38.8 Å². The third kappa shape index (κ3) is 6.83. The van der Waals surface area contributed by atoms with Gasteiger partial charge >= 0.3 is 0 Å². The summed E-state index contributed by atoms with van der Waals surface area (Å²) >= 11 is 0. The van der Waals surface area contributed by atoms with E-state index in [0.29, 0.717) is 26.1 Å². The molecule has 198 valence electrons. The predicted molar refractivity (Wildman–Crippen MR) is 137 cm³/mol. The Morgan fingerprint density at radius 1 is 1.14 bits per heavy atom. The van der Waals surface area contributed by atoms with Crippen LogP contribution in [0.15, 0.2) is 18.3 Å². The van der Waals surface area contributed by atoms with Gasteiger partial charge in [0.15, 0.2) is 13.9 Å². The molecule has 2 heterocycles. The van der Waals surface area contributed by atoms with Crippen molar-refractivity contribution in [1.29, 1.82) is 0 Å². The van der Waals surface area contributed by atoms with E-state index in [1.54, 1.807) is 25.3 Å². The zero-order valence-electron chi connectivity index (χ0n) is 22.6. The number of methoxy groups -OCH3 is 2. The summed E-state index contributed by atoms with van der Waals surface area (Å²) in [7, 11) is 1.24. The highest BCUT2D eigenvalue weighted by Crippen LogP contribution is 2.41. The fourth-order valence-electron chi connectivity index (χ4n) is 4.26. The second kappa shape index (κ2) is 11.7. The average molecular weight is 509 g/mol. The molecule has 35 heavy (non-hydrogen) atoms. The van der Waals surface area contributed by atoms with Crippen molar-refractivity contribution in [3.05, 3.63) is 24.0 Å². The highest BCUT2D eigenvalue weighted by molar-refractivity contribution is 6.74. The van der Waals surface area contributed by atoms with E-state index in [1.807, 2.05) is 12.1 Å². The first-order valence-corrected chi connectivity index (χ1v) is 15.6. The van der Waals surface area contributed by atoms with Gasteiger partial charge in [0.25, 0.3) is 5.91 Å². The molecule has 1 aromatic heterocycles. The maximum Gasteiger partial charge on any atom is 0.259 e. The van der Waals surface area contributed by atoms with Crippen LogP contribution in [0.4, 0.5) is 0 Å². The van der Waals surface area contributed by atoms with Gasteiger partial charge < -0.3 is 28.3 Å². The Bertz CT molecular complexity index is 841. The molecule has 1 aliphatic heterocycles. The standard InChI is InChI=1S/C26H44N2O6Si/c1-25(2,3)35(6,7)34-15-12-23-26(33-19-31-5,24(29)28(23)18-30-4)17-21-16-22(10-13-27-21)32-14-11-20-8-9-20/h10,13,16,20,23H,8-9,11-12,14-15,17-19H2,1-7H3/t23-,26+/m0/s1. The molecule has 2 fully saturated rings. The number of hydrogen-bond donors (Lipinski definition) is 0. The van der Waals surface area contributed by atoms with E-state index in [0.717, 1.165) is 23.8 Å². The quantitative estimate of drug-likeness (QED) is 0.197. The topological polar surface area (TPSA) is 79.4 Å². The number of rotatable bonds is 15. The summed E-state index contributed by atoms with van der Waals surface area (Å²) in [6.45, 7) is 12.6. The van der Waals surface area contributed by atoms with Crippen molar-refractivity contribution in [2.45, 2.75) is 82.7 Å². The summed E-state index contributed by atoms with van der Waals surface area (Å²) in [6.07, 6.45) is 6.41. The number of aromatic nitrogens is 1. The number of carbonyl (C=O) groups excluding carboxylic acids is 1. The first-order chi connectivity index (χ1) is 16.5. The number of pyridine rings is 1. The first-order valence-electron chi connectivity index (χ1n) is 12.7. The minimum absolute atomic E-state index is 0.0176. The highest BCUT2D eigenvalue weighted by atomic mass is 28.4. The van der Waals surface area contributed by atoms with Crippen LogP contribution >= 0.6 is 0 Å². The molecule has 1 saturated carbocycles. The zero-order valence-corrected chi connectivity index (χ0v) is 23.6. The second-order valence-corrected chi connectivity index (χ2v) is 16.1. The lowest BCUT2D eigenvalue weighted by Crippen LogP contribution is -2.76. The van der Waals surface area contributed by atoms with Gasteiger partial charge in [-0.05, 0) is 43.0 Å². The lowest BCUT2D eigenvalue weighted by atomic mass is 9.77. The van der Waals surface area contributed by atoms with Gasteiger partial charge in [-0.1, -0.05) is 33.6 Å². The molecule has 1 saturated heterocycles. The summed E-state index contributed by atoms with van der Waals surface area (Å²) in [5.41, 5.74) is -0.323. The molecule has 0 bridgehead atoms. The van der Waals surface area contributed by atoms with Crippen molar-refractivity contribution in [2.24, 2.45) is 5.92 Å². The molecule has 1 aromatic rings. The third-order valence-electron chi connectivity index (χ3n) is 7.62. The Kier molecular flexibility index (Phi) is 9.37. The van der Waals surface area contributed by atoms with Crippen LogP contribution in [0.5, 0.6) is 5.75 Å². The summed E-state index contributed by atoms with van der Waals surface area (Å²) in [5.74, 6) is 1.47. The maximum absolute atomic E-state index is 13.4. The molecule has 9 heteroatoms. The van der Waals surface area contributed by atoms with Crippen molar-refractivity contribution in [3.63, 3.8) is 0 Å². The van der Waals surface area contributed by atoms with Gasteiger partial charge in [-0.15, -0.1) is 0 Å². The number of carbonyl (C=O) groups is 1. The molecule has 0 radical (unpaired) electrons. The van der Waals surface area contributed by atoms with Crippen molar-refractivity contribution in [3.8, 4) is 5.75 Å². The van der Waals surface area contributed by atoms with Gasteiger partial charge in [-0.25, -0.2) is 0 Å². The summed E-state index contributed by atoms with van der Waals surface area (Å²) in [6, 6.07) is 3.57. The molecule has 1 amide bonds. The van der Waals surface area contributed by atoms with E-state index < -0.39 is 13.9 Å². The number of ether oxygens (including phenoxy) is 4. The van der Waals surface area contributed by atoms with Crippen molar-refractivity contribution in [1.82, 2.24) is 9.88 Å². The molecule has 2 atom stereocenters. The molecule has 3 rings (SSSR count). The Balaban J connectivity index is 1.75. The van der Waals surface area contributed by atoms with E-state index in [4.69, 9.17) is 23.4 Å². The number of amides is 1. The fraction of sp³-hybridized carbons (Fsp3) is 0.769. The normalized spacial score (nSPS) is 22.9. The van der Waals surface area contributed by atoms with E-state index in [-0.39, 0.29) is 30.5 Å². The third-order valence-corrected chi connectivity index (χ3v) is 12.2. The van der Waals surface area contributed by atoms with E-state index >= 15 is 0 Å². The molecule has 0 aromatic carbocycles. The molecule has 0 unspecified atom stereocenters. The summed E-state index contributed by atoms with van der Waals surface area (Å²) in [4.78, 5) is 19.7. The summed E-state index contributed by atoms with van der Waals surface area (Å²) < 4.78 is 29.1. The molecule has 0 N–H and O–H groups in total. The number of nitrogens with zero attached hydrogens (tertiary/aromatic N) is 2. The lowest BCUT2D eigenvalue weighted by Gasteiger charge is -2.55. The first kappa shape index (κ1) is 28.1. The van der Waals surface area contributed by atoms with Crippen LogP contribution in [0, 0.1) is 5.92 Å². The van der Waals surface area contributed by atoms with Gasteiger partial charge in [0.05, 0.1) is 12.6 Å². The minimum atomic E-state index is -1.92. The molecule has 2 aliphatic rings. The smallest absolute Gasteiger partial charge is 0.259 e. The highest BCUT2D eigenvalue weighted by Gasteiger charge is 2.62.